The largest absolute Gasteiger partial charge is 0.482 e. The molecule has 0 aliphatic carbocycles. The molecule has 23 heavy (non-hydrogen) atoms. The first-order chi connectivity index (χ1) is 11.0. The van der Waals surface area contributed by atoms with Crippen LogP contribution in [0.1, 0.15) is 15.9 Å². The number of allylic oxidation sites excluding steroid dienone is 1. The van der Waals surface area contributed by atoms with E-state index in [4.69, 9.17) is 4.74 Å². The third-order valence-corrected chi connectivity index (χ3v) is 3.77. The Balaban J connectivity index is 1.82. The lowest BCUT2D eigenvalue weighted by Gasteiger charge is -2.17. The number of nitrogens with one attached hydrogen (secondary N) is 1. The molecular weight excluding hydrogens is 365 g/mol. The lowest BCUT2D eigenvalue weighted by atomic mass is 10.1. The summed E-state index contributed by atoms with van der Waals surface area (Å²) in [5.41, 5.74) is 1.15. The van der Waals surface area contributed by atoms with Crippen molar-refractivity contribution >= 4 is 39.4 Å². The Labute approximate surface area is 140 Å². The molecule has 116 valence electrons. The summed E-state index contributed by atoms with van der Waals surface area (Å²) in [6.45, 7) is -0.0387. The van der Waals surface area contributed by atoms with E-state index in [-0.39, 0.29) is 18.3 Å². The van der Waals surface area contributed by atoms with Gasteiger partial charge in [-0.25, -0.2) is 4.39 Å². The van der Waals surface area contributed by atoms with Gasteiger partial charge in [-0.1, -0.05) is 22.0 Å². The second kappa shape index (κ2) is 6.34. The van der Waals surface area contributed by atoms with Crippen molar-refractivity contribution in [1.82, 2.24) is 0 Å². The number of rotatable bonds is 3. The third kappa shape index (κ3) is 3.48. The van der Waals surface area contributed by atoms with E-state index in [1.54, 1.807) is 24.3 Å². The number of fused-ring (bicyclic) bond motifs is 1. The van der Waals surface area contributed by atoms with Crippen LogP contribution in [-0.2, 0) is 4.79 Å². The zero-order chi connectivity index (χ0) is 16.4. The first-order valence-corrected chi connectivity index (χ1v) is 7.56. The Morgan fingerprint density at radius 1 is 1.26 bits per heavy atom. The maximum absolute atomic E-state index is 13.7. The normalized spacial score (nSPS) is 13.4. The quantitative estimate of drug-likeness (QED) is 0.655. The van der Waals surface area contributed by atoms with Gasteiger partial charge in [0.1, 0.15) is 11.6 Å². The molecule has 1 aliphatic heterocycles. The van der Waals surface area contributed by atoms with Crippen LogP contribution in [0.25, 0.3) is 6.08 Å². The minimum atomic E-state index is -0.422. The van der Waals surface area contributed by atoms with Crippen molar-refractivity contribution < 1.29 is 18.7 Å². The van der Waals surface area contributed by atoms with Gasteiger partial charge >= 0.3 is 0 Å². The minimum Gasteiger partial charge on any atom is -0.482 e. The van der Waals surface area contributed by atoms with Gasteiger partial charge in [0, 0.05) is 15.6 Å². The average molecular weight is 376 g/mol. The molecule has 2 aromatic rings. The predicted octanol–water partition coefficient (Wildman–Crippen LogP) is 3.82. The van der Waals surface area contributed by atoms with Crippen LogP contribution in [0.2, 0.25) is 0 Å². The number of hydrogen-bond acceptors (Lipinski definition) is 3. The number of ether oxygens (including phenoxy) is 1. The second-order valence-electron chi connectivity index (χ2n) is 4.91. The summed E-state index contributed by atoms with van der Waals surface area (Å²) in [5, 5.41) is 2.64. The maximum Gasteiger partial charge on any atom is 0.262 e. The molecule has 0 spiro atoms. The number of benzene rings is 2. The summed E-state index contributed by atoms with van der Waals surface area (Å²) in [6.07, 6.45) is 2.71. The van der Waals surface area contributed by atoms with Crippen molar-refractivity contribution in [1.29, 1.82) is 0 Å². The summed E-state index contributed by atoms with van der Waals surface area (Å²) in [6, 6.07) is 9.35. The minimum absolute atomic E-state index is 0.0387. The standard InChI is InChI=1S/C17H11BrFNO3/c18-12-4-1-10(13(19)8-12)2-5-15(21)11-3-6-16-14(7-11)20-17(22)9-23-16/h1-8H,9H2,(H,20,22). The smallest absolute Gasteiger partial charge is 0.262 e. The molecule has 1 aliphatic rings. The third-order valence-electron chi connectivity index (χ3n) is 3.27. The van der Waals surface area contributed by atoms with Gasteiger partial charge in [-0.15, -0.1) is 0 Å². The summed E-state index contributed by atoms with van der Waals surface area (Å²) in [4.78, 5) is 23.5. The van der Waals surface area contributed by atoms with E-state index < -0.39 is 5.82 Å². The van der Waals surface area contributed by atoms with Crippen LogP contribution >= 0.6 is 15.9 Å². The van der Waals surface area contributed by atoms with E-state index >= 15 is 0 Å². The lowest BCUT2D eigenvalue weighted by Crippen LogP contribution is -2.25. The van der Waals surface area contributed by atoms with E-state index in [2.05, 4.69) is 21.2 Å². The summed E-state index contributed by atoms with van der Waals surface area (Å²) < 4.78 is 19.6. The first-order valence-electron chi connectivity index (χ1n) is 6.77. The second-order valence-corrected chi connectivity index (χ2v) is 5.83. The maximum atomic E-state index is 13.7. The van der Waals surface area contributed by atoms with Crippen LogP contribution < -0.4 is 10.1 Å². The highest BCUT2D eigenvalue weighted by Gasteiger charge is 2.17. The number of anilines is 1. The van der Waals surface area contributed by atoms with Crippen LogP contribution in [0.15, 0.2) is 46.9 Å². The monoisotopic (exact) mass is 375 g/mol. The topological polar surface area (TPSA) is 55.4 Å². The van der Waals surface area contributed by atoms with Crippen molar-refractivity contribution in [3.05, 3.63) is 63.9 Å². The Morgan fingerprint density at radius 3 is 2.87 bits per heavy atom. The molecule has 4 nitrogen and oxygen atoms in total. The van der Waals surface area contributed by atoms with Gasteiger partial charge in [-0.05, 0) is 42.5 Å². The van der Waals surface area contributed by atoms with E-state index in [0.29, 0.717) is 27.0 Å². The molecule has 1 amide bonds. The van der Waals surface area contributed by atoms with Crippen LogP contribution in [0.4, 0.5) is 10.1 Å². The van der Waals surface area contributed by atoms with E-state index in [0.717, 1.165) is 0 Å². The Bertz CT molecular complexity index is 833. The number of halogens is 2. The summed E-state index contributed by atoms with van der Waals surface area (Å²) in [7, 11) is 0. The summed E-state index contributed by atoms with van der Waals surface area (Å²) in [5.74, 6) is -0.469. The molecule has 0 saturated heterocycles. The zero-order valence-electron chi connectivity index (χ0n) is 11.8. The molecule has 0 radical (unpaired) electrons. The van der Waals surface area contributed by atoms with Crippen molar-refractivity contribution in [3.63, 3.8) is 0 Å². The molecule has 0 atom stereocenters. The Kier molecular flexibility index (Phi) is 4.25. The van der Waals surface area contributed by atoms with Gasteiger partial charge in [0.15, 0.2) is 12.4 Å². The van der Waals surface area contributed by atoms with E-state index in [1.807, 2.05) is 0 Å². The Morgan fingerprint density at radius 2 is 2.09 bits per heavy atom. The van der Waals surface area contributed by atoms with Crippen molar-refractivity contribution in [2.75, 3.05) is 11.9 Å². The van der Waals surface area contributed by atoms with Gasteiger partial charge in [-0.2, -0.15) is 0 Å². The van der Waals surface area contributed by atoms with Crippen LogP contribution in [0, 0.1) is 5.82 Å². The fourth-order valence-electron chi connectivity index (χ4n) is 2.13. The van der Waals surface area contributed by atoms with Gasteiger partial charge in [0.05, 0.1) is 5.69 Å². The lowest BCUT2D eigenvalue weighted by molar-refractivity contribution is -0.118. The average Bonchev–Trinajstić information content (AvgIpc) is 2.53. The van der Waals surface area contributed by atoms with Gasteiger partial charge in [-0.3, -0.25) is 9.59 Å². The molecule has 3 rings (SSSR count). The van der Waals surface area contributed by atoms with Gasteiger partial charge < -0.3 is 10.1 Å². The molecule has 0 fully saturated rings. The van der Waals surface area contributed by atoms with Crippen LogP contribution in [0.5, 0.6) is 5.75 Å². The molecule has 0 bridgehead atoms. The molecule has 2 aromatic carbocycles. The number of hydrogen-bond donors (Lipinski definition) is 1. The molecule has 1 N–H and O–H groups in total. The van der Waals surface area contributed by atoms with Crippen LogP contribution in [0.3, 0.4) is 0 Å². The first kappa shape index (κ1) is 15.4. The van der Waals surface area contributed by atoms with Gasteiger partial charge in [0.2, 0.25) is 0 Å². The number of carbonyl (C=O) groups is 2. The number of amides is 1. The van der Waals surface area contributed by atoms with E-state index in [1.165, 1.54) is 24.3 Å². The summed E-state index contributed by atoms with van der Waals surface area (Å²) >= 11 is 3.18. The number of ketones is 1. The van der Waals surface area contributed by atoms with E-state index in [9.17, 15) is 14.0 Å². The van der Waals surface area contributed by atoms with Crippen molar-refractivity contribution in [2.24, 2.45) is 0 Å². The molecular formula is C17H11BrFNO3. The molecule has 0 saturated carbocycles. The zero-order valence-corrected chi connectivity index (χ0v) is 13.4. The van der Waals surface area contributed by atoms with Crippen LogP contribution in [-0.4, -0.2) is 18.3 Å². The Hall–Kier alpha value is -2.47. The molecule has 6 heteroatoms. The molecule has 0 unspecified atom stereocenters. The fourth-order valence-corrected chi connectivity index (χ4v) is 2.47. The fraction of sp³-hybridized carbons (Fsp3) is 0.0588. The number of carbonyl (C=O) groups excluding carboxylic acids is 2. The highest BCUT2D eigenvalue weighted by molar-refractivity contribution is 9.10. The predicted molar refractivity (Wildman–Crippen MR) is 88.0 cm³/mol. The van der Waals surface area contributed by atoms with Crippen molar-refractivity contribution in [2.45, 2.75) is 0 Å². The highest BCUT2D eigenvalue weighted by atomic mass is 79.9. The highest BCUT2D eigenvalue weighted by Crippen LogP contribution is 2.28. The van der Waals surface area contributed by atoms with Gasteiger partial charge in [0.25, 0.3) is 5.91 Å². The molecule has 0 aromatic heterocycles. The molecule has 1 heterocycles. The van der Waals surface area contributed by atoms with Crippen molar-refractivity contribution in [3.8, 4) is 5.75 Å². The SMILES string of the molecule is O=C1COc2ccc(C(=O)C=Cc3ccc(Br)cc3F)cc2N1.